The van der Waals surface area contributed by atoms with Crippen molar-refractivity contribution in [3.8, 4) is 17.6 Å². The average molecular weight is 377 g/mol. The zero-order valence-electron chi connectivity index (χ0n) is 15.7. The van der Waals surface area contributed by atoms with Crippen LogP contribution in [0.5, 0.6) is 11.5 Å². The van der Waals surface area contributed by atoms with Crippen LogP contribution >= 0.6 is 0 Å². The van der Waals surface area contributed by atoms with Crippen molar-refractivity contribution >= 4 is 11.6 Å². The zero-order chi connectivity index (χ0) is 19.3. The number of amides is 1. The molecule has 0 saturated carbocycles. The van der Waals surface area contributed by atoms with E-state index in [1.165, 1.54) is 5.56 Å². The Labute approximate surface area is 164 Å². The summed E-state index contributed by atoms with van der Waals surface area (Å²) in [4.78, 5) is 14.7. The molecule has 6 heteroatoms. The fraction of sp³-hybridized carbons (Fsp3) is 0.364. The van der Waals surface area contributed by atoms with Crippen LogP contribution in [0.4, 0.5) is 5.69 Å². The summed E-state index contributed by atoms with van der Waals surface area (Å²) in [5.74, 6) is 1.60. The van der Waals surface area contributed by atoms with Crippen LogP contribution in [-0.2, 0) is 4.79 Å². The topological polar surface area (TPSA) is 74.6 Å². The second-order valence-electron chi connectivity index (χ2n) is 7.08. The molecule has 2 aliphatic heterocycles. The van der Waals surface area contributed by atoms with Gasteiger partial charge in [0, 0.05) is 24.7 Å². The van der Waals surface area contributed by atoms with E-state index in [-0.39, 0.29) is 5.91 Å². The summed E-state index contributed by atoms with van der Waals surface area (Å²) in [6.45, 7) is 2.88. The Morgan fingerprint density at radius 3 is 2.71 bits per heavy atom. The van der Waals surface area contributed by atoms with Crippen molar-refractivity contribution in [1.82, 2.24) is 4.90 Å². The molecule has 1 fully saturated rings. The molecule has 2 aliphatic rings. The first-order chi connectivity index (χ1) is 13.7. The van der Waals surface area contributed by atoms with Gasteiger partial charge in [-0.15, -0.1) is 0 Å². The highest BCUT2D eigenvalue weighted by Gasteiger charge is 2.27. The third-order valence-electron chi connectivity index (χ3n) is 5.24. The van der Waals surface area contributed by atoms with Crippen LogP contribution in [0.3, 0.4) is 0 Å². The highest BCUT2D eigenvalue weighted by atomic mass is 16.6. The van der Waals surface area contributed by atoms with Gasteiger partial charge in [0.15, 0.2) is 11.5 Å². The summed E-state index contributed by atoms with van der Waals surface area (Å²) in [5.41, 5.74) is 2.51. The maximum atomic E-state index is 12.3. The number of benzene rings is 2. The summed E-state index contributed by atoms with van der Waals surface area (Å²) in [6, 6.07) is 15.5. The number of carbonyl (C=O) groups excluding carboxylic acids is 1. The predicted octanol–water partition coefficient (Wildman–Crippen LogP) is 3.50. The number of carbonyl (C=O) groups is 1. The van der Waals surface area contributed by atoms with Gasteiger partial charge in [-0.25, -0.2) is 0 Å². The van der Waals surface area contributed by atoms with Gasteiger partial charge in [-0.1, -0.05) is 6.07 Å². The highest BCUT2D eigenvalue weighted by Crippen LogP contribution is 2.38. The number of rotatable bonds is 5. The minimum absolute atomic E-state index is 0.0162. The zero-order valence-corrected chi connectivity index (χ0v) is 15.7. The first-order valence-corrected chi connectivity index (χ1v) is 9.66. The molecule has 1 unspecified atom stereocenters. The normalized spacial score (nSPS) is 18.5. The van der Waals surface area contributed by atoms with Crippen LogP contribution < -0.4 is 14.8 Å². The Hall–Kier alpha value is -3.04. The Bertz CT molecular complexity index is 889. The highest BCUT2D eigenvalue weighted by molar-refractivity contribution is 5.90. The molecule has 4 rings (SSSR count). The van der Waals surface area contributed by atoms with Crippen LogP contribution in [0.2, 0.25) is 0 Å². The van der Waals surface area contributed by atoms with Gasteiger partial charge < -0.3 is 14.8 Å². The molecule has 2 aromatic carbocycles. The first kappa shape index (κ1) is 18.3. The third kappa shape index (κ3) is 4.10. The van der Waals surface area contributed by atoms with Crippen molar-refractivity contribution in [1.29, 1.82) is 5.26 Å². The quantitative estimate of drug-likeness (QED) is 0.863. The van der Waals surface area contributed by atoms with Gasteiger partial charge in [0.2, 0.25) is 5.91 Å². The Morgan fingerprint density at radius 2 is 1.93 bits per heavy atom. The fourth-order valence-electron chi connectivity index (χ4n) is 3.84. The number of hydrogen-bond acceptors (Lipinski definition) is 5. The van der Waals surface area contributed by atoms with E-state index in [2.05, 4.69) is 28.4 Å². The second kappa shape index (κ2) is 8.32. The van der Waals surface area contributed by atoms with Crippen molar-refractivity contribution in [2.75, 3.05) is 31.6 Å². The molecular weight excluding hydrogens is 354 g/mol. The molecule has 0 radical (unpaired) electrons. The molecule has 28 heavy (non-hydrogen) atoms. The summed E-state index contributed by atoms with van der Waals surface area (Å²) < 4.78 is 11.3. The van der Waals surface area contributed by atoms with E-state index in [4.69, 9.17) is 14.7 Å². The summed E-state index contributed by atoms with van der Waals surface area (Å²) in [5, 5.41) is 11.7. The Kier molecular flexibility index (Phi) is 5.45. The molecule has 1 amide bonds. The number of nitriles is 1. The number of nitrogens with one attached hydrogen (secondary N) is 1. The van der Waals surface area contributed by atoms with E-state index in [9.17, 15) is 4.79 Å². The van der Waals surface area contributed by atoms with E-state index in [1.54, 1.807) is 24.3 Å². The molecule has 1 atom stereocenters. The fourth-order valence-corrected chi connectivity index (χ4v) is 3.84. The number of likely N-dealkylation sites (tertiary alicyclic amines) is 1. The maximum absolute atomic E-state index is 12.3. The molecule has 0 bridgehead atoms. The number of hydrogen-bond donors (Lipinski definition) is 1. The number of fused-ring (bicyclic) bond motifs is 1. The molecule has 6 nitrogen and oxygen atoms in total. The number of anilines is 1. The molecule has 0 aliphatic carbocycles. The molecule has 0 aromatic heterocycles. The number of ether oxygens (including phenoxy) is 2. The lowest BCUT2D eigenvalue weighted by Crippen LogP contribution is -2.28. The smallest absolute Gasteiger partial charge is 0.225 e. The summed E-state index contributed by atoms with van der Waals surface area (Å²) in [6.07, 6.45) is 2.63. The van der Waals surface area contributed by atoms with Gasteiger partial charge in [0.05, 0.1) is 11.6 Å². The van der Waals surface area contributed by atoms with E-state index >= 15 is 0 Å². The van der Waals surface area contributed by atoms with E-state index in [0.29, 0.717) is 43.5 Å². The van der Waals surface area contributed by atoms with E-state index in [0.717, 1.165) is 30.9 Å². The molecule has 2 heterocycles. The van der Waals surface area contributed by atoms with Gasteiger partial charge >= 0.3 is 0 Å². The minimum Gasteiger partial charge on any atom is -0.486 e. The molecular formula is C22H23N3O3. The Morgan fingerprint density at radius 1 is 1.14 bits per heavy atom. The van der Waals surface area contributed by atoms with Crippen molar-refractivity contribution < 1.29 is 14.3 Å². The van der Waals surface area contributed by atoms with Crippen LogP contribution in [0.15, 0.2) is 42.5 Å². The lowest BCUT2D eigenvalue weighted by Gasteiger charge is -2.26. The third-order valence-corrected chi connectivity index (χ3v) is 5.24. The van der Waals surface area contributed by atoms with Crippen LogP contribution in [-0.4, -0.2) is 37.1 Å². The molecule has 144 valence electrons. The van der Waals surface area contributed by atoms with Crippen LogP contribution in [0.25, 0.3) is 0 Å². The van der Waals surface area contributed by atoms with Crippen molar-refractivity contribution in [3.63, 3.8) is 0 Å². The first-order valence-electron chi connectivity index (χ1n) is 9.66. The van der Waals surface area contributed by atoms with Crippen molar-refractivity contribution in [2.24, 2.45) is 0 Å². The average Bonchev–Trinajstić information content (AvgIpc) is 3.21. The molecule has 1 N–H and O–H groups in total. The van der Waals surface area contributed by atoms with Crippen molar-refractivity contribution in [3.05, 3.63) is 53.6 Å². The SMILES string of the molecule is N#Cc1ccc(NC(=O)CCN2CCCC2c2ccc3c(c2)OCCO3)cc1. The van der Waals surface area contributed by atoms with Crippen LogP contribution in [0, 0.1) is 11.3 Å². The summed E-state index contributed by atoms with van der Waals surface area (Å²) >= 11 is 0. The van der Waals surface area contributed by atoms with Gasteiger partial charge in [0.25, 0.3) is 0 Å². The second-order valence-corrected chi connectivity index (χ2v) is 7.08. The van der Waals surface area contributed by atoms with E-state index in [1.807, 2.05) is 6.07 Å². The lowest BCUT2D eigenvalue weighted by molar-refractivity contribution is -0.116. The van der Waals surface area contributed by atoms with Gasteiger partial charge in [-0.3, -0.25) is 9.69 Å². The summed E-state index contributed by atoms with van der Waals surface area (Å²) in [7, 11) is 0. The predicted molar refractivity (Wildman–Crippen MR) is 105 cm³/mol. The molecule has 0 spiro atoms. The molecule has 2 aromatic rings. The minimum atomic E-state index is -0.0162. The lowest BCUT2D eigenvalue weighted by atomic mass is 10.0. The molecule has 1 saturated heterocycles. The largest absolute Gasteiger partial charge is 0.486 e. The van der Waals surface area contributed by atoms with Gasteiger partial charge in [-0.2, -0.15) is 5.26 Å². The standard InChI is InChI=1S/C22H23N3O3/c23-15-16-3-6-18(7-4-16)24-22(26)9-11-25-10-1-2-19(25)17-5-8-20-21(14-17)28-13-12-27-20/h3-8,14,19H,1-2,9-13H2,(H,24,26). The van der Waals surface area contributed by atoms with E-state index < -0.39 is 0 Å². The van der Waals surface area contributed by atoms with Crippen LogP contribution in [0.1, 0.15) is 36.4 Å². The monoisotopic (exact) mass is 377 g/mol. The van der Waals surface area contributed by atoms with Crippen molar-refractivity contribution in [2.45, 2.75) is 25.3 Å². The Balaban J connectivity index is 1.35. The van der Waals surface area contributed by atoms with Gasteiger partial charge in [-0.05, 0) is 61.3 Å². The van der Waals surface area contributed by atoms with Gasteiger partial charge in [0.1, 0.15) is 13.2 Å². The maximum Gasteiger partial charge on any atom is 0.225 e. The number of nitrogens with zero attached hydrogens (tertiary/aromatic N) is 2.